The van der Waals surface area contributed by atoms with Crippen LogP contribution >= 0.6 is 11.3 Å². The third-order valence-corrected chi connectivity index (χ3v) is 5.59. The summed E-state index contributed by atoms with van der Waals surface area (Å²) in [5.74, 6) is 0.135. The molecule has 1 saturated heterocycles. The van der Waals surface area contributed by atoms with Gasteiger partial charge in [-0.15, -0.1) is 11.3 Å². The van der Waals surface area contributed by atoms with Gasteiger partial charge in [0.25, 0.3) is 0 Å². The van der Waals surface area contributed by atoms with Crippen LogP contribution in [0.2, 0.25) is 0 Å². The molecule has 130 valence electrons. The molecule has 1 amide bonds. The smallest absolute Gasteiger partial charge is 0.247 e. The Morgan fingerprint density at radius 2 is 2.17 bits per heavy atom. The van der Waals surface area contributed by atoms with Crippen LogP contribution in [0.25, 0.3) is 0 Å². The van der Waals surface area contributed by atoms with E-state index in [2.05, 4.69) is 31.2 Å². The maximum Gasteiger partial charge on any atom is 0.247 e. The highest BCUT2D eigenvalue weighted by Crippen LogP contribution is 2.36. The van der Waals surface area contributed by atoms with Gasteiger partial charge in [0.1, 0.15) is 11.0 Å². The number of nitrogens with zero attached hydrogens (tertiary/aromatic N) is 4. The molecule has 0 radical (unpaired) electrons. The molecule has 3 heterocycles. The number of hydrogen-bond acceptors (Lipinski definition) is 4. The van der Waals surface area contributed by atoms with Gasteiger partial charge >= 0.3 is 0 Å². The number of aromatic nitrogens is 3. The van der Waals surface area contributed by atoms with Crippen LogP contribution in [0, 0.1) is 0 Å². The van der Waals surface area contributed by atoms with Crippen molar-refractivity contribution in [1.82, 2.24) is 19.7 Å². The first-order chi connectivity index (χ1) is 11.4. The summed E-state index contributed by atoms with van der Waals surface area (Å²) in [6, 6.07) is 1.68. The number of amides is 1. The number of carbonyl (C=O) groups excluding carboxylic acids is 1. The fourth-order valence-corrected chi connectivity index (χ4v) is 4.29. The fraction of sp³-hybridized carbons (Fsp3) is 0.611. The predicted molar refractivity (Wildman–Crippen MR) is 96.1 cm³/mol. The summed E-state index contributed by atoms with van der Waals surface area (Å²) in [5.41, 5.74) is 1.15. The first-order valence-corrected chi connectivity index (χ1v) is 9.51. The molecule has 0 unspecified atom stereocenters. The van der Waals surface area contributed by atoms with Gasteiger partial charge < -0.3 is 4.90 Å². The highest BCUT2D eigenvalue weighted by Gasteiger charge is 2.33. The summed E-state index contributed by atoms with van der Waals surface area (Å²) < 4.78 is 1.73. The molecule has 3 rings (SSSR count). The first-order valence-electron chi connectivity index (χ1n) is 8.63. The summed E-state index contributed by atoms with van der Waals surface area (Å²) in [4.78, 5) is 19.9. The molecule has 0 aromatic carbocycles. The largest absolute Gasteiger partial charge is 0.331 e. The van der Waals surface area contributed by atoms with E-state index in [-0.39, 0.29) is 23.4 Å². The zero-order chi connectivity index (χ0) is 17.3. The van der Waals surface area contributed by atoms with Crippen molar-refractivity contribution < 1.29 is 4.79 Å². The molecule has 2 aromatic rings. The van der Waals surface area contributed by atoms with Crippen molar-refractivity contribution in [1.29, 1.82) is 0 Å². The standard InChI is InChI=1S/C18H26N4OS/c1-13(22-11-7-9-19-22)17(23)21-10-6-5-8-14(21)16-20-15(12-24-16)18(2,3)4/h7,9,11-14H,5-6,8,10H2,1-4H3/t13-,14+/m1/s1. The number of thiazole rings is 1. The van der Waals surface area contributed by atoms with Gasteiger partial charge in [0.05, 0.1) is 11.7 Å². The zero-order valence-electron chi connectivity index (χ0n) is 14.9. The SMILES string of the molecule is C[C@H](C(=O)N1CCCC[C@H]1c1nc(C(C)(C)C)cs1)n1cccn1. The van der Waals surface area contributed by atoms with Crippen molar-refractivity contribution in [2.45, 2.75) is 64.5 Å². The highest BCUT2D eigenvalue weighted by atomic mass is 32.1. The molecule has 0 spiro atoms. The molecule has 0 N–H and O–H groups in total. The summed E-state index contributed by atoms with van der Waals surface area (Å²) >= 11 is 1.69. The molecule has 0 bridgehead atoms. The lowest BCUT2D eigenvalue weighted by atomic mass is 9.93. The maximum atomic E-state index is 13.0. The third kappa shape index (κ3) is 3.38. The number of carbonyl (C=O) groups is 1. The summed E-state index contributed by atoms with van der Waals surface area (Å²) in [7, 11) is 0. The lowest BCUT2D eigenvalue weighted by molar-refractivity contribution is -0.138. The number of hydrogen-bond donors (Lipinski definition) is 0. The van der Waals surface area contributed by atoms with E-state index >= 15 is 0 Å². The second kappa shape index (κ2) is 6.67. The Labute approximate surface area is 147 Å². The van der Waals surface area contributed by atoms with Crippen molar-refractivity contribution in [3.05, 3.63) is 34.5 Å². The second-order valence-corrected chi connectivity index (χ2v) is 8.42. The minimum Gasteiger partial charge on any atom is -0.331 e. The molecule has 0 aliphatic carbocycles. The van der Waals surface area contributed by atoms with Gasteiger partial charge in [0.2, 0.25) is 5.91 Å². The summed E-state index contributed by atoms with van der Waals surface area (Å²) in [5, 5.41) is 7.43. The van der Waals surface area contributed by atoms with Gasteiger partial charge in [0, 0.05) is 29.7 Å². The molecule has 6 heteroatoms. The lowest BCUT2D eigenvalue weighted by Gasteiger charge is -2.36. The Kier molecular flexibility index (Phi) is 4.76. The minimum atomic E-state index is -0.275. The molecule has 5 nitrogen and oxygen atoms in total. The summed E-state index contributed by atoms with van der Waals surface area (Å²) in [6.07, 6.45) is 6.77. The van der Waals surface area contributed by atoms with Crippen LogP contribution in [0.5, 0.6) is 0 Å². The Morgan fingerprint density at radius 3 is 2.79 bits per heavy atom. The summed E-state index contributed by atoms with van der Waals surface area (Å²) in [6.45, 7) is 9.25. The van der Waals surface area contributed by atoms with Gasteiger partial charge in [0.15, 0.2) is 0 Å². The average Bonchev–Trinajstić information content (AvgIpc) is 3.24. The molecule has 2 aromatic heterocycles. The number of likely N-dealkylation sites (tertiary alicyclic amines) is 1. The van der Waals surface area contributed by atoms with E-state index in [9.17, 15) is 4.79 Å². The molecule has 1 aliphatic heterocycles. The molecule has 24 heavy (non-hydrogen) atoms. The lowest BCUT2D eigenvalue weighted by Crippen LogP contribution is -2.42. The van der Waals surface area contributed by atoms with Crippen LogP contribution in [0.1, 0.15) is 69.7 Å². The van der Waals surface area contributed by atoms with Gasteiger partial charge in [-0.2, -0.15) is 5.10 Å². The predicted octanol–water partition coefficient (Wildman–Crippen LogP) is 3.95. The molecule has 1 aliphatic rings. The molecule has 2 atom stereocenters. The van der Waals surface area contributed by atoms with Gasteiger partial charge in [-0.1, -0.05) is 20.8 Å². The van der Waals surface area contributed by atoms with E-state index in [1.165, 1.54) is 0 Å². The Morgan fingerprint density at radius 1 is 1.38 bits per heavy atom. The van der Waals surface area contributed by atoms with E-state index in [1.807, 2.05) is 24.1 Å². The topological polar surface area (TPSA) is 51.0 Å². The molecular weight excluding hydrogens is 320 g/mol. The van der Waals surface area contributed by atoms with E-state index in [4.69, 9.17) is 4.98 Å². The molecule has 0 saturated carbocycles. The van der Waals surface area contributed by atoms with Crippen LogP contribution in [-0.4, -0.2) is 32.1 Å². The van der Waals surface area contributed by atoms with Crippen molar-refractivity contribution in [3.63, 3.8) is 0 Å². The highest BCUT2D eigenvalue weighted by molar-refractivity contribution is 7.09. The zero-order valence-corrected chi connectivity index (χ0v) is 15.7. The van der Waals surface area contributed by atoms with E-state index in [1.54, 1.807) is 22.2 Å². The Hall–Kier alpha value is -1.69. The Balaban J connectivity index is 1.83. The van der Waals surface area contributed by atoms with Crippen LogP contribution < -0.4 is 0 Å². The van der Waals surface area contributed by atoms with Crippen LogP contribution in [-0.2, 0) is 10.2 Å². The van der Waals surface area contributed by atoms with Crippen LogP contribution in [0.15, 0.2) is 23.8 Å². The van der Waals surface area contributed by atoms with Crippen molar-refractivity contribution in [2.24, 2.45) is 0 Å². The van der Waals surface area contributed by atoms with E-state index < -0.39 is 0 Å². The minimum absolute atomic E-state index is 0.0423. The molecule has 1 fully saturated rings. The van der Waals surface area contributed by atoms with Gasteiger partial charge in [-0.25, -0.2) is 4.98 Å². The van der Waals surface area contributed by atoms with Crippen molar-refractivity contribution in [2.75, 3.05) is 6.54 Å². The van der Waals surface area contributed by atoms with E-state index in [0.29, 0.717) is 0 Å². The maximum absolute atomic E-state index is 13.0. The monoisotopic (exact) mass is 346 g/mol. The number of rotatable bonds is 3. The number of piperidine rings is 1. The fourth-order valence-electron chi connectivity index (χ4n) is 3.10. The van der Waals surface area contributed by atoms with Crippen LogP contribution in [0.4, 0.5) is 0 Å². The normalized spacial score (nSPS) is 20.2. The van der Waals surface area contributed by atoms with Crippen LogP contribution in [0.3, 0.4) is 0 Å². The second-order valence-electron chi connectivity index (χ2n) is 7.53. The third-order valence-electron chi connectivity index (χ3n) is 4.64. The quantitative estimate of drug-likeness (QED) is 0.845. The van der Waals surface area contributed by atoms with Crippen molar-refractivity contribution >= 4 is 17.2 Å². The average molecular weight is 346 g/mol. The Bertz CT molecular complexity index is 686. The van der Waals surface area contributed by atoms with Gasteiger partial charge in [-0.3, -0.25) is 9.48 Å². The van der Waals surface area contributed by atoms with Gasteiger partial charge in [-0.05, 0) is 32.3 Å². The molecular formula is C18H26N4OS. The van der Waals surface area contributed by atoms with Crippen molar-refractivity contribution in [3.8, 4) is 0 Å². The van der Waals surface area contributed by atoms with E-state index in [0.717, 1.165) is 36.5 Å². The first kappa shape index (κ1) is 17.1.